The second-order valence-electron chi connectivity index (χ2n) is 6.45. The van der Waals surface area contributed by atoms with E-state index in [1.165, 1.54) is 36.1 Å². The SMILES string of the molecule is COc1ccc(-c2ccc(=O)n(CCNC(=O)COc3cccc(F)c3)n2)cc1OC. The predicted octanol–water partition coefficient (Wildman–Crippen LogP) is 2.26. The number of hydrogen-bond acceptors (Lipinski definition) is 6. The van der Waals surface area contributed by atoms with Gasteiger partial charge in [-0.3, -0.25) is 9.59 Å². The summed E-state index contributed by atoms with van der Waals surface area (Å²) in [5.41, 5.74) is 1.02. The largest absolute Gasteiger partial charge is 0.493 e. The molecule has 9 heteroatoms. The van der Waals surface area contributed by atoms with Gasteiger partial charge in [0.1, 0.15) is 11.6 Å². The third-order valence-electron chi connectivity index (χ3n) is 4.36. The molecule has 0 aliphatic carbocycles. The zero-order valence-electron chi connectivity index (χ0n) is 17.1. The lowest BCUT2D eigenvalue weighted by atomic mass is 10.1. The van der Waals surface area contributed by atoms with Gasteiger partial charge in [-0.2, -0.15) is 5.10 Å². The fraction of sp³-hybridized carbons (Fsp3) is 0.227. The fourth-order valence-electron chi connectivity index (χ4n) is 2.82. The van der Waals surface area contributed by atoms with Gasteiger partial charge in [0.2, 0.25) is 0 Å². The van der Waals surface area contributed by atoms with Crippen LogP contribution in [0.3, 0.4) is 0 Å². The van der Waals surface area contributed by atoms with E-state index in [1.807, 2.05) is 6.07 Å². The Morgan fingerprint density at radius 1 is 1.06 bits per heavy atom. The highest BCUT2D eigenvalue weighted by Gasteiger charge is 2.09. The number of hydrogen-bond donors (Lipinski definition) is 1. The van der Waals surface area contributed by atoms with Crippen LogP contribution in [0.1, 0.15) is 0 Å². The van der Waals surface area contributed by atoms with Gasteiger partial charge < -0.3 is 19.5 Å². The maximum atomic E-state index is 13.1. The van der Waals surface area contributed by atoms with Crippen molar-refractivity contribution in [2.24, 2.45) is 0 Å². The molecular formula is C22H22FN3O5. The summed E-state index contributed by atoms with van der Waals surface area (Å²) in [6.45, 7) is 0.0801. The number of benzene rings is 2. The molecule has 162 valence electrons. The number of nitrogens with one attached hydrogen (secondary N) is 1. The summed E-state index contributed by atoms with van der Waals surface area (Å²) in [6, 6.07) is 13.9. The molecule has 0 atom stereocenters. The lowest BCUT2D eigenvalue weighted by Gasteiger charge is -2.11. The number of nitrogens with zero attached hydrogens (tertiary/aromatic N) is 2. The van der Waals surface area contributed by atoms with Crippen LogP contribution in [0.4, 0.5) is 4.39 Å². The molecule has 1 aromatic heterocycles. The van der Waals surface area contributed by atoms with Crippen molar-refractivity contribution >= 4 is 5.91 Å². The summed E-state index contributed by atoms with van der Waals surface area (Å²) >= 11 is 0. The van der Waals surface area contributed by atoms with Crippen LogP contribution >= 0.6 is 0 Å². The number of aromatic nitrogens is 2. The number of methoxy groups -OCH3 is 2. The highest BCUT2D eigenvalue weighted by atomic mass is 19.1. The molecule has 2 aromatic carbocycles. The Kier molecular flexibility index (Phi) is 7.21. The predicted molar refractivity (Wildman–Crippen MR) is 112 cm³/mol. The third kappa shape index (κ3) is 5.81. The van der Waals surface area contributed by atoms with Crippen LogP contribution in [0, 0.1) is 5.82 Å². The highest BCUT2D eigenvalue weighted by molar-refractivity contribution is 5.77. The first-order valence-electron chi connectivity index (χ1n) is 9.46. The van der Waals surface area contributed by atoms with Crippen molar-refractivity contribution < 1.29 is 23.4 Å². The Balaban J connectivity index is 1.59. The van der Waals surface area contributed by atoms with E-state index in [1.54, 1.807) is 31.4 Å². The summed E-state index contributed by atoms with van der Waals surface area (Å²) in [7, 11) is 3.09. The van der Waals surface area contributed by atoms with E-state index in [2.05, 4.69) is 10.4 Å². The lowest BCUT2D eigenvalue weighted by molar-refractivity contribution is -0.123. The Hall–Kier alpha value is -3.88. The molecule has 0 radical (unpaired) electrons. The van der Waals surface area contributed by atoms with Gasteiger partial charge in [0.15, 0.2) is 18.1 Å². The van der Waals surface area contributed by atoms with E-state index in [-0.39, 0.29) is 31.0 Å². The molecule has 0 saturated carbocycles. The van der Waals surface area contributed by atoms with Crippen molar-refractivity contribution in [1.82, 2.24) is 15.1 Å². The summed E-state index contributed by atoms with van der Waals surface area (Å²) in [5, 5.41) is 7.00. The Morgan fingerprint density at radius 2 is 1.87 bits per heavy atom. The van der Waals surface area contributed by atoms with E-state index < -0.39 is 11.7 Å². The number of carbonyl (C=O) groups is 1. The number of carbonyl (C=O) groups excluding carboxylic acids is 1. The molecule has 0 fully saturated rings. The number of amides is 1. The van der Waals surface area contributed by atoms with Crippen molar-refractivity contribution in [3.8, 4) is 28.5 Å². The molecule has 31 heavy (non-hydrogen) atoms. The van der Waals surface area contributed by atoms with Gasteiger partial charge in [-0.1, -0.05) is 6.07 Å². The summed E-state index contributed by atoms with van der Waals surface area (Å²) in [4.78, 5) is 24.1. The van der Waals surface area contributed by atoms with Crippen molar-refractivity contribution in [3.05, 3.63) is 70.8 Å². The molecule has 0 unspecified atom stereocenters. The summed E-state index contributed by atoms with van der Waals surface area (Å²) in [5.74, 6) is 0.551. The van der Waals surface area contributed by atoms with Crippen LogP contribution in [0.25, 0.3) is 11.3 Å². The summed E-state index contributed by atoms with van der Waals surface area (Å²) < 4.78 is 30.2. The van der Waals surface area contributed by atoms with Crippen molar-refractivity contribution in [1.29, 1.82) is 0 Å². The van der Waals surface area contributed by atoms with Crippen LogP contribution in [-0.4, -0.2) is 43.1 Å². The number of halogens is 1. The normalized spacial score (nSPS) is 10.4. The van der Waals surface area contributed by atoms with E-state index in [4.69, 9.17) is 14.2 Å². The molecule has 0 aliphatic heterocycles. The van der Waals surface area contributed by atoms with Gasteiger partial charge in [0, 0.05) is 24.2 Å². The van der Waals surface area contributed by atoms with Crippen molar-refractivity contribution in [2.75, 3.05) is 27.4 Å². The molecule has 1 heterocycles. The maximum absolute atomic E-state index is 13.1. The van der Waals surface area contributed by atoms with Gasteiger partial charge in [-0.15, -0.1) is 0 Å². The van der Waals surface area contributed by atoms with E-state index >= 15 is 0 Å². The van der Waals surface area contributed by atoms with Gasteiger partial charge in [0.25, 0.3) is 11.5 Å². The maximum Gasteiger partial charge on any atom is 0.266 e. The number of ether oxygens (including phenoxy) is 3. The molecule has 1 N–H and O–H groups in total. The van der Waals surface area contributed by atoms with E-state index in [0.717, 1.165) is 5.56 Å². The highest BCUT2D eigenvalue weighted by Crippen LogP contribution is 2.31. The third-order valence-corrected chi connectivity index (χ3v) is 4.36. The standard InChI is InChI=1S/C22H22FN3O5/c1-29-19-8-6-15(12-20(19)30-2)18-7-9-22(28)26(25-18)11-10-24-21(27)14-31-17-5-3-4-16(23)13-17/h3-9,12-13H,10-11,14H2,1-2H3,(H,24,27). The Labute approximate surface area is 178 Å². The molecule has 3 rings (SSSR count). The lowest BCUT2D eigenvalue weighted by Crippen LogP contribution is -2.34. The van der Waals surface area contributed by atoms with Gasteiger partial charge in [0.05, 0.1) is 26.5 Å². The zero-order valence-corrected chi connectivity index (χ0v) is 17.1. The van der Waals surface area contributed by atoms with Crippen molar-refractivity contribution in [3.63, 3.8) is 0 Å². The zero-order chi connectivity index (χ0) is 22.2. The topological polar surface area (TPSA) is 91.7 Å². The molecule has 3 aromatic rings. The average Bonchev–Trinajstić information content (AvgIpc) is 2.78. The fourth-order valence-corrected chi connectivity index (χ4v) is 2.82. The second kappa shape index (κ2) is 10.2. The van der Waals surface area contributed by atoms with Gasteiger partial charge in [-0.25, -0.2) is 9.07 Å². The minimum absolute atomic E-state index is 0.172. The van der Waals surface area contributed by atoms with E-state index in [0.29, 0.717) is 17.2 Å². The molecule has 0 saturated heterocycles. The summed E-state index contributed by atoms with van der Waals surface area (Å²) in [6.07, 6.45) is 0. The first-order valence-corrected chi connectivity index (χ1v) is 9.46. The quantitative estimate of drug-likeness (QED) is 0.563. The average molecular weight is 427 g/mol. The molecule has 1 amide bonds. The van der Waals surface area contributed by atoms with Crippen LogP contribution in [-0.2, 0) is 11.3 Å². The molecule has 0 spiro atoms. The minimum atomic E-state index is -0.447. The van der Waals surface area contributed by atoms with Crippen LogP contribution < -0.4 is 25.1 Å². The minimum Gasteiger partial charge on any atom is -0.493 e. The molecule has 0 bridgehead atoms. The van der Waals surface area contributed by atoms with Crippen LogP contribution in [0.15, 0.2) is 59.4 Å². The first kappa shape index (κ1) is 21.8. The van der Waals surface area contributed by atoms with Gasteiger partial charge in [-0.05, 0) is 36.4 Å². The Bertz CT molecular complexity index is 1120. The second-order valence-corrected chi connectivity index (χ2v) is 6.45. The smallest absolute Gasteiger partial charge is 0.266 e. The van der Waals surface area contributed by atoms with E-state index in [9.17, 15) is 14.0 Å². The number of rotatable bonds is 9. The Morgan fingerprint density at radius 3 is 2.61 bits per heavy atom. The van der Waals surface area contributed by atoms with Crippen molar-refractivity contribution in [2.45, 2.75) is 6.54 Å². The molecule has 0 aliphatic rings. The van der Waals surface area contributed by atoms with Crippen LogP contribution in [0.5, 0.6) is 17.2 Å². The van der Waals surface area contributed by atoms with Gasteiger partial charge >= 0.3 is 0 Å². The first-order chi connectivity index (χ1) is 15.0. The molecule has 8 nitrogen and oxygen atoms in total. The monoisotopic (exact) mass is 427 g/mol. The molecular weight excluding hydrogens is 405 g/mol. The van der Waals surface area contributed by atoms with Crippen LogP contribution in [0.2, 0.25) is 0 Å².